The third-order valence-electron chi connectivity index (χ3n) is 4.77. The fourth-order valence-corrected chi connectivity index (χ4v) is 3.16. The van der Waals surface area contributed by atoms with Crippen molar-refractivity contribution in [3.63, 3.8) is 0 Å². The summed E-state index contributed by atoms with van der Waals surface area (Å²) in [6.45, 7) is 4.45. The molecule has 0 bridgehead atoms. The lowest BCUT2D eigenvalue weighted by atomic mass is 10.1. The molecule has 0 aromatic heterocycles. The Morgan fingerprint density at radius 2 is 1.63 bits per heavy atom. The van der Waals surface area contributed by atoms with Crippen LogP contribution in [0.15, 0.2) is 54.6 Å². The number of amides is 1. The van der Waals surface area contributed by atoms with Crippen LogP contribution in [-0.2, 0) is 4.79 Å². The standard InChI is InChI=1S/C22H24N2O3/c1-17(25)18-7-10-20(11-8-18)23-13-15-24(16-14-23)22(26)12-9-19-5-3-4-6-21(19)27-2/h3-12H,13-16H2,1-2H3. The molecule has 27 heavy (non-hydrogen) atoms. The Bertz CT molecular complexity index is 835. The van der Waals surface area contributed by atoms with Crippen molar-refractivity contribution in [1.29, 1.82) is 0 Å². The van der Waals surface area contributed by atoms with E-state index in [4.69, 9.17) is 4.74 Å². The van der Waals surface area contributed by atoms with E-state index in [9.17, 15) is 9.59 Å². The van der Waals surface area contributed by atoms with E-state index in [1.165, 1.54) is 0 Å². The number of hydrogen-bond acceptors (Lipinski definition) is 4. The molecule has 0 aliphatic carbocycles. The van der Waals surface area contributed by atoms with Crippen molar-refractivity contribution in [3.8, 4) is 5.75 Å². The largest absolute Gasteiger partial charge is 0.496 e. The van der Waals surface area contributed by atoms with E-state index < -0.39 is 0 Å². The maximum Gasteiger partial charge on any atom is 0.246 e. The Labute approximate surface area is 159 Å². The molecule has 0 N–H and O–H groups in total. The fraction of sp³-hybridized carbons (Fsp3) is 0.273. The second kappa shape index (κ2) is 8.54. The Morgan fingerprint density at radius 3 is 2.26 bits per heavy atom. The minimum atomic E-state index is 0.00693. The Balaban J connectivity index is 1.57. The molecule has 5 heteroatoms. The monoisotopic (exact) mass is 364 g/mol. The van der Waals surface area contributed by atoms with Gasteiger partial charge in [0.05, 0.1) is 7.11 Å². The van der Waals surface area contributed by atoms with E-state index >= 15 is 0 Å². The summed E-state index contributed by atoms with van der Waals surface area (Å²) in [6.07, 6.45) is 3.41. The van der Waals surface area contributed by atoms with Gasteiger partial charge in [0.1, 0.15) is 5.75 Å². The summed E-state index contributed by atoms with van der Waals surface area (Å²) in [5.74, 6) is 0.826. The van der Waals surface area contributed by atoms with Crippen molar-refractivity contribution in [3.05, 3.63) is 65.7 Å². The number of ether oxygens (including phenoxy) is 1. The average molecular weight is 364 g/mol. The highest BCUT2D eigenvalue weighted by Gasteiger charge is 2.20. The first-order chi connectivity index (χ1) is 13.1. The zero-order valence-corrected chi connectivity index (χ0v) is 15.7. The summed E-state index contributed by atoms with van der Waals surface area (Å²) in [5, 5.41) is 0. The van der Waals surface area contributed by atoms with Gasteiger partial charge in [-0.25, -0.2) is 0 Å². The summed E-state index contributed by atoms with van der Waals surface area (Å²) in [5.41, 5.74) is 2.68. The Hall–Kier alpha value is -3.08. The van der Waals surface area contributed by atoms with Crippen molar-refractivity contribution in [2.75, 3.05) is 38.2 Å². The Morgan fingerprint density at radius 1 is 0.963 bits per heavy atom. The van der Waals surface area contributed by atoms with Crippen molar-refractivity contribution >= 4 is 23.5 Å². The molecular formula is C22H24N2O3. The van der Waals surface area contributed by atoms with Crippen LogP contribution in [0.2, 0.25) is 0 Å². The summed E-state index contributed by atoms with van der Waals surface area (Å²) in [4.78, 5) is 27.9. The molecule has 0 atom stereocenters. The van der Waals surface area contributed by atoms with Gasteiger partial charge in [-0.15, -0.1) is 0 Å². The zero-order valence-electron chi connectivity index (χ0n) is 15.7. The number of ketones is 1. The predicted octanol–water partition coefficient (Wildman–Crippen LogP) is 3.26. The van der Waals surface area contributed by atoms with Gasteiger partial charge >= 0.3 is 0 Å². The van der Waals surface area contributed by atoms with Crippen molar-refractivity contribution < 1.29 is 14.3 Å². The second-order valence-electron chi connectivity index (χ2n) is 6.49. The summed E-state index contributed by atoms with van der Waals surface area (Å²) >= 11 is 0. The number of anilines is 1. The van der Waals surface area contributed by atoms with E-state index in [0.29, 0.717) is 18.7 Å². The van der Waals surface area contributed by atoms with Gasteiger partial charge in [0.25, 0.3) is 0 Å². The highest BCUT2D eigenvalue weighted by atomic mass is 16.5. The molecule has 1 aliphatic heterocycles. The van der Waals surface area contributed by atoms with E-state index in [1.807, 2.05) is 53.4 Å². The molecule has 1 aliphatic rings. The highest BCUT2D eigenvalue weighted by Crippen LogP contribution is 2.20. The minimum absolute atomic E-state index is 0.00693. The van der Waals surface area contributed by atoms with Crippen LogP contribution in [0.5, 0.6) is 5.75 Å². The molecule has 1 amide bonds. The van der Waals surface area contributed by atoms with Crippen LogP contribution in [0.1, 0.15) is 22.8 Å². The first kappa shape index (κ1) is 18.7. The van der Waals surface area contributed by atoms with E-state index in [0.717, 1.165) is 30.1 Å². The number of hydrogen-bond donors (Lipinski definition) is 0. The molecule has 5 nitrogen and oxygen atoms in total. The lowest BCUT2D eigenvalue weighted by Crippen LogP contribution is -2.48. The number of nitrogens with zero attached hydrogens (tertiary/aromatic N) is 2. The second-order valence-corrected chi connectivity index (χ2v) is 6.49. The molecule has 1 fully saturated rings. The topological polar surface area (TPSA) is 49.9 Å². The van der Waals surface area contributed by atoms with Crippen LogP contribution in [0.4, 0.5) is 5.69 Å². The van der Waals surface area contributed by atoms with E-state index in [-0.39, 0.29) is 11.7 Å². The van der Waals surface area contributed by atoms with Gasteiger partial charge < -0.3 is 14.5 Å². The lowest BCUT2D eigenvalue weighted by Gasteiger charge is -2.35. The van der Waals surface area contributed by atoms with Crippen molar-refractivity contribution in [2.45, 2.75) is 6.92 Å². The first-order valence-corrected chi connectivity index (χ1v) is 9.04. The average Bonchev–Trinajstić information content (AvgIpc) is 2.72. The summed E-state index contributed by atoms with van der Waals surface area (Å²) in [7, 11) is 1.62. The predicted molar refractivity (Wildman–Crippen MR) is 107 cm³/mol. The molecule has 1 heterocycles. The van der Waals surface area contributed by atoms with Gasteiger partial charge in [-0.05, 0) is 43.3 Å². The SMILES string of the molecule is COc1ccccc1C=CC(=O)N1CCN(c2ccc(C(C)=O)cc2)CC1. The molecule has 2 aromatic rings. The first-order valence-electron chi connectivity index (χ1n) is 9.04. The minimum Gasteiger partial charge on any atom is -0.496 e. The van der Waals surface area contributed by atoms with Gasteiger partial charge in [-0.3, -0.25) is 9.59 Å². The van der Waals surface area contributed by atoms with Crippen LogP contribution in [-0.4, -0.2) is 49.9 Å². The number of methoxy groups -OCH3 is 1. The third-order valence-corrected chi connectivity index (χ3v) is 4.77. The number of Topliss-reactive ketones (excluding diaryl/α,β-unsaturated/α-hetero) is 1. The molecular weight excluding hydrogens is 340 g/mol. The molecule has 2 aromatic carbocycles. The van der Waals surface area contributed by atoms with Crippen LogP contribution in [0, 0.1) is 0 Å². The molecule has 0 unspecified atom stereocenters. The van der Waals surface area contributed by atoms with Gasteiger partial charge in [0.15, 0.2) is 5.78 Å². The molecule has 3 rings (SSSR count). The Kier molecular flexibility index (Phi) is 5.91. The maximum atomic E-state index is 12.5. The van der Waals surface area contributed by atoms with Crippen LogP contribution in [0.25, 0.3) is 6.08 Å². The number of rotatable bonds is 5. The smallest absolute Gasteiger partial charge is 0.246 e. The third kappa shape index (κ3) is 4.56. The summed E-state index contributed by atoms with van der Waals surface area (Å²) < 4.78 is 5.31. The molecule has 0 radical (unpaired) electrons. The van der Waals surface area contributed by atoms with Gasteiger partial charge in [-0.1, -0.05) is 18.2 Å². The van der Waals surface area contributed by atoms with E-state index in [1.54, 1.807) is 26.2 Å². The number of piperazine rings is 1. The number of benzene rings is 2. The molecule has 140 valence electrons. The van der Waals surface area contributed by atoms with Gasteiger partial charge in [-0.2, -0.15) is 0 Å². The zero-order chi connectivity index (χ0) is 19.2. The number of carbonyl (C=O) groups is 2. The number of para-hydroxylation sites is 1. The van der Waals surface area contributed by atoms with E-state index in [2.05, 4.69) is 4.90 Å². The maximum absolute atomic E-state index is 12.5. The molecule has 0 saturated carbocycles. The fourth-order valence-electron chi connectivity index (χ4n) is 3.16. The lowest BCUT2D eigenvalue weighted by molar-refractivity contribution is -0.126. The van der Waals surface area contributed by atoms with Gasteiger partial charge in [0, 0.05) is 49.1 Å². The van der Waals surface area contributed by atoms with Crippen LogP contribution >= 0.6 is 0 Å². The van der Waals surface area contributed by atoms with Crippen LogP contribution in [0.3, 0.4) is 0 Å². The van der Waals surface area contributed by atoms with Gasteiger partial charge in [0.2, 0.25) is 5.91 Å². The quantitative estimate of drug-likeness (QED) is 0.604. The number of carbonyl (C=O) groups excluding carboxylic acids is 2. The molecule has 1 saturated heterocycles. The normalized spacial score (nSPS) is 14.4. The summed E-state index contributed by atoms with van der Waals surface area (Å²) in [6, 6.07) is 15.3. The van der Waals surface area contributed by atoms with Crippen molar-refractivity contribution in [1.82, 2.24) is 4.90 Å². The molecule has 0 spiro atoms. The highest BCUT2D eigenvalue weighted by molar-refractivity contribution is 5.94. The van der Waals surface area contributed by atoms with Crippen LogP contribution < -0.4 is 9.64 Å². The van der Waals surface area contributed by atoms with Crippen molar-refractivity contribution in [2.24, 2.45) is 0 Å².